The van der Waals surface area contributed by atoms with Crippen LogP contribution in [0.15, 0.2) is 54.6 Å². The molecule has 0 unspecified atom stereocenters. The van der Waals surface area contributed by atoms with Gasteiger partial charge in [0, 0.05) is 31.0 Å². The average molecular weight is 309 g/mol. The predicted molar refractivity (Wildman–Crippen MR) is 91.0 cm³/mol. The van der Waals surface area contributed by atoms with E-state index in [9.17, 15) is 5.11 Å². The monoisotopic (exact) mass is 309 g/mol. The summed E-state index contributed by atoms with van der Waals surface area (Å²) in [5.74, 6) is 0.482. The molecule has 0 spiro atoms. The number of likely N-dealkylation sites (tertiary alicyclic amines) is 1. The molecule has 0 bridgehead atoms. The lowest BCUT2D eigenvalue weighted by Gasteiger charge is -2.24. The van der Waals surface area contributed by atoms with Crippen LogP contribution in [0.25, 0.3) is 11.1 Å². The fourth-order valence-corrected chi connectivity index (χ4v) is 3.98. The smallest absolute Gasteiger partial charge is 0.0560 e. The van der Waals surface area contributed by atoms with Crippen molar-refractivity contribution < 1.29 is 9.84 Å². The third-order valence-electron chi connectivity index (χ3n) is 5.37. The minimum atomic E-state index is -0.0238. The van der Waals surface area contributed by atoms with E-state index in [1.165, 1.54) is 16.7 Å². The number of aliphatic hydroxyl groups excluding tert-OH is 1. The highest BCUT2D eigenvalue weighted by molar-refractivity contribution is 5.63. The maximum atomic E-state index is 9.77. The molecule has 0 aromatic heterocycles. The molecule has 2 fully saturated rings. The number of nitrogens with zero attached hydrogens (tertiary/aromatic N) is 1. The van der Waals surface area contributed by atoms with E-state index in [1.54, 1.807) is 0 Å². The molecule has 2 saturated heterocycles. The normalized spacial score (nSPS) is 27.3. The van der Waals surface area contributed by atoms with E-state index >= 15 is 0 Å². The Morgan fingerprint density at radius 3 is 2.48 bits per heavy atom. The van der Waals surface area contributed by atoms with Gasteiger partial charge >= 0.3 is 0 Å². The van der Waals surface area contributed by atoms with E-state index in [0.29, 0.717) is 12.5 Å². The molecule has 1 N–H and O–H groups in total. The topological polar surface area (TPSA) is 32.7 Å². The average Bonchev–Trinajstić information content (AvgIpc) is 3.13. The molecule has 4 rings (SSSR count). The number of hydrogen-bond acceptors (Lipinski definition) is 3. The predicted octanol–water partition coefficient (Wildman–Crippen LogP) is 2.79. The summed E-state index contributed by atoms with van der Waals surface area (Å²) in [5, 5.41) is 9.77. The summed E-state index contributed by atoms with van der Waals surface area (Å²) < 4.78 is 5.58. The van der Waals surface area contributed by atoms with Crippen LogP contribution in [0.1, 0.15) is 5.56 Å². The molecule has 3 heteroatoms. The molecule has 0 aliphatic carbocycles. The molecule has 2 atom stereocenters. The van der Waals surface area contributed by atoms with E-state index in [0.717, 1.165) is 26.2 Å². The minimum Gasteiger partial charge on any atom is -0.396 e. The Hall–Kier alpha value is -1.68. The highest BCUT2D eigenvalue weighted by Gasteiger charge is 2.49. The van der Waals surface area contributed by atoms with Crippen LogP contribution in [-0.2, 0) is 11.3 Å². The summed E-state index contributed by atoms with van der Waals surface area (Å²) in [4.78, 5) is 2.46. The molecule has 2 aliphatic rings. The number of benzene rings is 2. The van der Waals surface area contributed by atoms with Gasteiger partial charge in [-0.2, -0.15) is 0 Å². The van der Waals surface area contributed by atoms with E-state index in [2.05, 4.69) is 53.4 Å². The number of fused-ring (bicyclic) bond motifs is 1. The van der Waals surface area contributed by atoms with Crippen molar-refractivity contribution in [2.75, 3.05) is 32.9 Å². The Kier molecular flexibility index (Phi) is 3.93. The van der Waals surface area contributed by atoms with Crippen LogP contribution < -0.4 is 0 Å². The van der Waals surface area contributed by atoms with Crippen molar-refractivity contribution in [1.82, 2.24) is 4.90 Å². The first kappa shape index (κ1) is 14.9. The summed E-state index contributed by atoms with van der Waals surface area (Å²) in [7, 11) is 0. The van der Waals surface area contributed by atoms with Gasteiger partial charge in [0.15, 0.2) is 0 Å². The van der Waals surface area contributed by atoms with Crippen LogP contribution in [-0.4, -0.2) is 42.9 Å². The number of rotatable bonds is 4. The molecule has 0 amide bonds. The van der Waals surface area contributed by atoms with E-state index in [4.69, 9.17) is 4.74 Å². The van der Waals surface area contributed by atoms with Gasteiger partial charge in [0.2, 0.25) is 0 Å². The highest BCUT2D eigenvalue weighted by Crippen LogP contribution is 2.41. The maximum Gasteiger partial charge on any atom is 0.0560 e. The fraction of sp³-hybridized carbons (Fsp3) is 0.400. The van der Waals surface area contributed by atoms with Gasteiger partial charge in [-0.25, -0.2) is 0 Å². The zero-order valence-corrected chi connectivity index (χ0v) is 13.3. The van der Waals surface area contributed by atoms with Gasteiger partial charge in [0.25, 0.3) is 0 Å². The third-order valence-corrected chi connectivity index (χ3v) is 5.37. The SMILES string of the molecule is OC[C@@]12COC[C@@H]1CN(Cc1ccc(-c3ccccc3)cc1)C2. The maximum absolute atomic E-state index is 9.77. The van der Waals surface area contributed by atoms with Gasteiger partial charge in [0.05, 0.1) is 19.8 Å². The molecule has 2 aliphatic heterocycles. The molecule has 2 heterocycles. The van der Waals surface area contributed by atoms with Crippen molar-refractivity contribution in [3.8, 4) is 11.1 Å². The second-order valence-corrected chi connectivity index (χ2v) is 6.97. The minimum absolute atomic E-state index is 0.0238. The second-order valence-electron chi connectivity index (χ2n) is 6.97. The molecule has 0 saturated carbocycles. The molecule has 120 valence electrons. The lowest BCUT2D eigenvalue weighted by Crippen LogP contribution is -2.34. The van der Waals surface area contributed by atoms with Crippen molar-refractivity contribution in [2.24, 2.45) is 11.3 Å². The van der Waals surface area contributed by atoms with Gasteiger partial charge in [-0.05, 0) is 16.7 Å². The largest absolute Gasteiger partial charge is 0.396 e. The van der Waals surface area contributed by atoms with Crippen LogP contribution in [0.5, 0.6) is 0 Å². The van der Waals surface area contributed by atoms with E-state index in [-0.39, 0.29) is 12.0 Å². The van der Waals surface area contributed by atoms with Crippen LogP contribution in [0.4, 0.5) is 0 Å². The standard InChI is InChI=1S/C20H23NO2/c22-14-20-13-21(11-19(20)12-23-15-20)10-16-6-8-18(9-7-16)17-4-2-1-3-5-17/h1-9,19,22H,10-15H2/t19-,20-/m0/s1. The van der Waals surface area contributed by atoms with Gasteiger partial charge in [0.1, 0.15) is 0 Å². The molecule has 3 nitrogen and oxygen atoms in total. The Labute approximate surface area is 137 Å². The van der Waals surface area contributed by atoms with Crippen molar-refractivity contribution in [1.29, 1.82) is 0 Å². The zero-order valence-electron chi connectivity index (χ0n) is 13.3. The van der Waals surface area contributed by atoms with Gasteiger partial charge in [-0.15, -0.1) is 0 Å². The molecule has 2 aromatic carbocycles. The summed E-state index contributed by atoms with van der Waals surface area (Å²) in [6, 6.07) is 19.3. The first-order chi connectivity index (χ1) is 11.3. The van der Waals surface area contributed by atoms with Crippen LogP contribution >= 0.6 is 0 Å². The van der Waals surface area contributed by atoms with Crippen molar-refractivity contribution >= 4 is 0 Å². The summed E-state index contributed by atoms with van der Waals surface area (Å²) in [5.41, 5.74) is 3.82. The van der Waals surface area contributed by atoms with Crippen LogP contribution in [0, 0.1) is 11.3 Å². The molecular formula is C20H23NO2. The van der Waals surface area contributed by atoms with Crippen molar-refractivity contribution in [2.45, 2.75) is 6.54 Å². The van der Waals surface area contributed by atoms with Crippen LogP contribution in [0.2, 0.25) is 0 Å². The van der Waals surface area contributed by atoms with Gasteiger partial charge in [-0.1, -0.05) is 54.6 Å². The third kappa shape index (κ3) is 2.80. The lowest BCUT2D eigenvalue weighted by molar-refractivity contribution is 0.0803. The van der Waals surface area contributed by atoms with Gasteiger partial charge in [-0.3, -0.25) is 4.90 Å². The zero-order chi connectivity index (χ0) is 15.7. The number of ether oxygens (including phenoxy) is 1. The van der Waals surface area contributed by atoms with Crippen LogP contribution in [0.3, 0.4) is 0 Å². The van der Waals surface area contributed by atoms with E-state index < -0.39 is 0 Å². The Morgan fingerprint density at radius 2 is 1.78 bits per heavy atom. The number of hydrogen-bond donors (Lipinski definition) is 1. The van der Waals surface area contributed by atoms with Crippen molar-refractivity contribution in [3.63, 3.8) is 0 Å². The number of aliphatic hydroxyl groups is 1. The quantitative estimate of drug-likeness (QED) is 0.942. The summed E-state index contributed by atoms with van der Waals surface area (Å²) >= 11 is 0. The lowest BCUT2D eigenvalue weighted by atomic mass is 9.82. The first-order valence-corrected chi connectivity index (χ1v) is 8.34. The molecule has 0 radical (unpaired) electrons. The fourth-order valence-electron chi connectivity index (χ4n) is 3.98. The summed E-state index contributed by atoms with van der Waals surface area (Å²) in [6.45, 7) is 4.66. The highest BCUT2D eigenvalue weighted by atomic mass is 16.5. The van der Waals surface area contributed by atoms with Gasteiger partial charge < -0.3 is 9.84 Å². The molecule has 2 aromatic rings. The van der Waals surface area contributed by atoms with E-state index in [1.807, 2.05) is 6.07 Å². The first-order valence-electron chi connectivity index (χ1n) is 8.34. The molecule has 23 heavy (non-hydrogen) atoms. The Balaban J connectivity index is 1.44. The Bertz CT molecular complexity index is 655. The van der Waals surface area contributed by atoms with Crippen molar-refractivity contribution in [3.05, 3.63) is 60.2 Å². The molecular weight excluding hydrogens is 286 g/mol. The Morgan fingerprint density at radius 1 is 1.04 bits per heavy atom. The second kappa shape index (κ2) is 6.08. The summed E-state index contributed by atoms with van der Waals surface area (Å²) in [6.07, 6.45) is 0.